The summed E-state index contributed by atoms with van der Waals surface area (Å²) in [5, 5.41) is 2.78. The lowest BCUT2D eigenvalue weighted by molar-refractivity contribution is -0.116. The van der Waals surface area contributed by atoms with E-state index in [-0.39, 0.29) is 5.91 Å². The molecule has 0 aromatic carbocycles. The molecule has 12 heavy (non-hydrogen) atoms. The van der Waals surface area contributed by atoms with Gasteiger partial charge in [-0.05, 0) is 19.6 Å². The summed E-state index contributed by atoms with van der Waals surface area (Å²) in [6, 6.07) is 0. The summed E-state index contributed by atoms with van der Waals surface area (Å²) in [7, 11) is 0. The van der Waals surface area contributed by atoms with Gasteiger partial charge in [-0.2, -0.15) is 0 Å². The number of nitrogens with one attached hydrogen (secondary N) is 1. The highest BCUT2D eigenvalue weighted by atomic mass is 32.2. The molecule has 1 amide bonds. The highest BCUT2D eigenvalue weighted by Gasteiger charge is 2.04. The SMILES string of the molecule is CCC/C=C(\SC)C(=O)NCC. The van der Waals surface area contributed by atoms with E-state index in [2.05, 4.69) is 12.2 Å². The molecule has 0 saturated heterocycles. The molecule has 3 heteroatoms. The van der Waals surface area contributed by atoms with Gasteiger partial charge < -0.3 is 5.32 Å². The van der Waals surface area contributed by atoms with Gasteiger partial charge in [0.2, 0.25) is 0 Å². The Morgan fingerprint density at radius 1 is 1.50 bits per heavy atom. The van der Waals surface area contributed by atoms with Gasteiger partial charge >= 0.3 is 0 Å². The summed E-state index contributed by atoms with van der Waals surface area (Å²) in [5.74, 6) is 0.0541. The van der Waals surface area contributed by atoms with Crippen LogP contribution in [0, 0.1) is 0 Å². The van der Waals surface area contributed by atoms with Gasteiger partial charge in [0, 0.05) is 6.54 Å². The molecule has 0 fully saturated rings. The largest absolute Gasteiger partial charge is 0.352 e. The molecule has 0 aliphatic carbocycles. The van der Waals surface area contributed by atoms with Crippen LogP contribution in [0.25, 0.3) is 0 Å². The summed E-state index contributed by atoms with van der Waals surface area (Å²) in [5.41, 5.74) is 0. The van der Waals surface area contributed by atoms with Crippen LogP contribution in [0.3, 0.4) is 0 Å². The number of thioether (sulfide) groups is 1. The van der Waals surface area contributed by atoms with Crippen molar-refractivity contribution in [2.24, 2.45) is 0 Å². The van der Waals surface area contributed by atoms with Gasteiger partial charge in [0.15, 0.2) is 0 Å². The second kappa shape index (κ2) is 7.22. The van der Waals surface area contributed by atoms with E-state index >= 15 is 0 Å². The zero-order chi connectivity index (χ0) is 9.40. The molecule has 70 valence electrons. The van der Waals surface area contributed by atoms with Crippen molar-refractivity contribution in [2.45, 2.75) is 26.7 Å². The minimum atomic E-state index is 0.0541. The molecular weight excluding hydrogens is 170 g/mol. The van der Waals surface area contributed by atoms with Crippen LogP contribution < -0.4 is 5.32 Å². The fraction of sp³-hybridized carbons (Fsp3) is 0.667. The molecule has 0 saturated carbocycles. The Morgan fingerprint density at radius 3 is 2.58 bits per heavy atom. The maximum Gasteiger partial charge on any atom is 0.257 e. The zero-order valence-electron chi connectivity index (χ0n) is 8.02. The molecule has 0 atom stereocenters. The molecule has 0 aromatic heterocycles. The number of likely N-dealkylation sites (N-methyl/N-ethyl adjacent to an activating group) is 1. The molecule has 1 N–H and O–H groups in total. The van der Waals surface area contributed by atoms with Gasteiger partial charge in [-0.15, -0.1) is 11.8 Å². The van der Waals surface area contributed by atoms with Gasteiger partial charge in [0.1, 0.15) is 0 Å². The first-order chi connectivity index (χ1) is 5.76. The van der Waals surface area contributed by atoms with Gasteiger partial charge in [-0.3, -0.25) is 4.79 Å². The fourth-order valence-electron chi connectivity index (χ4n) is 0.792. The van der Waals surface area contributed by atoms with Crippen LogP contribution in [-0.4, -0.2) is 18.7 Å². The first-order valence-corrected chi connectivity index (χ1v) is 5.51. The third kappa shape index (κ3) is 4.44. The maximum atomic E-state index is 11.3. The fourth-order valence-corrected chi connectivity index (χ4v) is 1.33. The predicted octanol–water partition coefficient (Wildman–Crippen LogP) is 2.17. The van der Waals surface area contributed by atoms with E-state index < -0.39 is 0 Å². The van der Waals surface area contributed by atoms with Crippen LogP contribution in [-0.2, 0) is 4.79 Å². The molecule has 0 bridgehead atoms. The number of unbranched alkanes of at least 4 members (excludes halogenated alkanes) is 1. The van der Waals surface area contributed by atoms with Crippen molar-refractivity contribution in [3.8, 4) is 0 Å². The van der Waals surface area contributed by atoms with Gasteiger partial charge in [-0.1, -0.05) is 19.4 Å². The number of hydrogen-bond donors (Lipinski definition) is 1. The number of hydrogen-bond acceptors (Lipinski definition) is 2. The van der Waals surface area contributed by atoms with E-state index in [9.17, 15) is 4.79 Å². The average Bonchev–Trinajstić information content (AvgIpc) is 2.06. The van der Waals surface area contributed by atoms with Crippen LogP contribution in [0.2, 0.25) is 0 Å². The number of rotatable bonds is 5. The number of amides is 1. The number of allylic oxidation sites excluding steroid dienone is 1. The molecule has 0 rings (SSSR count). The van der Waals surface area contributed by atoms with E-state index in [4.69, 9.17) is 0 Å². The topological polar surface area (TPSA) is 29.1 Å². The summed E-state index contributed by atoms with van der Waals surface area (Å²) in [6.45, 7) is 4.73. The number of carbonyl (C=O) groups is 1. The van der Waals surface area contributed by atoms with E-state index in [0.717, 1.165) is 17.7 Å². The lowest BCUT2D eigenvalue weighted by atomic mass is 10.3. The van der Waals surface area contributed by atoms with Crippen LogP contribution in [0.4, 0.5) is 0 Å². The molecular formula is C9H17NOS. The predicted molar refractivity (Wildman–Crippen MR) is 55.2 cm³/mol. The quantitative estimate of drug-likeness (QED) is 0.668. The van der Waals surface area contributed by atoms with Crippen molar-refractivity contribution >= 4 is 17.7 Å². The normalized spacial score (nSPS) is 11.4. The Kier molecular flexibility index (Phi) is 6.96. The number of carbonyl (C=O) groups excluding carboxylic acids is 1. The van der Waals surface area contributed by atoms with Crippen LogP contribution in [0.1, 0.15) is 26.7 Å². The minimum absolute atomic E-state index is 0.0541. The van der Waals surface area contributed by atoms with E-state index in [1.807, 2.05) is 19.3 Å². The molecule has 0 spiro atoms. The standard InChI is InChI=1S/C9H17NOS/c1-4-6-7-8(12-3)9(11)10-5-2/h7H,4-6H2,1-3H3,(H,10,11)/b8-7-. The Labute approximate surface area is 78.8 Å². The van der Waals surface area contributed by atoms with Crippen molar-refractivity contribution in [3.05, 3.63) is 11.0 Å². The Bertz CT molecular complexity index is 166. The molecule has 0 aliphatic rings. The highest BCUT2D eigenvalue weighted by Crippen LogP contribution is 2.12. The molecule has 0 heterocycles. The second-order valence-corrected chi connectivity index (χ2v) is 3.27. The third-order valence-electron chi connectivity index (χ3n) is 1.40. The second-order valence-electron chi connectivity index (χ2n) is 2.42. The van der Waals surface area contributed by atoms with Crippen molar-refractivity contribution in [2.75, 3.05) is 12.8 Å². The molecule has 0 unspecified atom stereocenters. The van der Waals surface area contributed by atoms with E-state index in [0.29, 0.717) is 6.54 Å². The van der Waals surface area contributed by atoms with Crippen molar-refractivity contribution < 1.29 is 4.79 Å². The lowest BCUT2D eigenvalue weighted by Gasteiger charge is -2.03. The first kappa shape index (κ1) is 11.6. The van der Waals surface area contributed by atoms with Gasteiger partial charge in [0.25, 0.3) is 5.91 Å². The lowest BCUT2D eigenvalue weighted by Crippen LogP contribution is -2.23. The summed E-state index contributed by atoms with van der Waals surface area (Å²) >= 11 is 1.51. The Hall–Kier alpha value is -0.440. The van der Waals surface area contributed by atoms with Crippen LogP contribution >= 0.6 is 11.8 Å². The van der Waals surface area contributed by atoms with Crippen LogP contribution in [0.15, 0.2) is 11.0 Å². The first-order valence-electron chi connectivity index (χ1n) is 4.28. The van der Waals surface area contributed by atoms with Gasteiger partial charge in [0.05, 0.1) is 4.91 Å². The summed E-state index contributed by atoms with van der Waals surface area (Å²) in [6.07, 6.45) is 5.99. The van der Waals surface area contributed by atoms with E-state index in [1.165, 1.54) is 11.8 Å². The van der Waals surface area contributed by atoms with Crippen molar-refractivity contribution in [1.82, 2.24) is 5.32 Å². The molecule has 2 nitrogen and oxygen atoms in total. The maximum absolute atomic E-state index is 11.3. The smallest absolute Gasteiger partial charge is 0.257 e. The summed E-state index contributed by atoms with van der Waals surface area (Å²) < 4.78 is 0. The molecule has 0 radical (unpaired) electrons. The van der Waals surface area contributed by atoms with Crippen molar-refractivity contribution in [1.29, 1.82) is 0 Å². The third-order valence-corrected chi connectivity index (χ3v) is 2.19. The van der Waals surface area contributed by atoms with E-state index in [1.54, 1.807) is 0 Å². The van der Waals surface area contributed by atoms with Crippen molar-refractivity contribution in [3.63, 3.8) is 0 Å². The zero-order valence-corrected chi connectivity index (χ0v) is 8.83. The Morgan fingerprint density at radius 2 is 2.17 bits per heavy atom. The minimum Gasteiger partial charge on any atom is -0.352 e. The Balaban J connectivity index is 4.04. The van der Waals surface area contributed by atoms with Gasteiger partial charge in [-0.25, -0.2) is 0 Å². The molecule has 0 aromatic rings. The van der Waals surface area contributed by atoms with Crippen LogP contribution in [0.5, 0.6) is 0 Å². The monoisotopic (exact) mass is 187 g/mol. The average molecular weight is 187 g/mol. The summed E-state index contributed by atoms with van der Waals surface area (Å²) in [4.78, 5) is 12.1. The highest BCUT2D eigenvalue weighted by molar-refractivity contribution is 8.03. The molecule has 0 aliphatic heterocycles.